The number of hydrogen-bond acceptors (Lipinski definition) is 2. The third kappa shape index (κ3) is 3.03. The van der Waals surface area contributed by atoms with E-state index in [-0.39, 0.29) is 6.10 Å². The first-order valence-corrected chi connectivity index (χ1v) is 4.25. The fourth-order valence-electron chi connectivity index (χ4n) is 1.10. The molecule has 2 heteroatoms. The molecule has 0 aromatic heterocycles. The third-order valence-corrected chi connectivity index (χ3v) is 1.88. The van der Waals surface area contributed by atoms with Crippen LogP contribution in [0.3, 0.4) is 0 Å². The molecule has 0 spiro atoms. The van der Waals surface area contributed by atoms with Crippen LogP contribution in [-0.2, 0) is 6.42 Å². The van der Waals surface area contributed by atoms with Gasteiger partial charge in [0.15, 0.2) is 0 Å². The standard InChI is InChI=1S/C10H15NO/c11-8-10(12)7-6-9-4-2-1-3-5-9/h1-5,10,12H,6-8,11H2/t10-/m0/s1. The average Bonchev–Trinajstić information content (AvgIpc) is 2.16. The quantitative estimate of drug-likeness (QED) is 0.697. The third-order valence-electron chi connectivity index (χ3n) is 1.88. The van der Waals surface area contributed by atoms with Crippen LogP contribution >= 0.6 is 0 Å². The van der Waals surface area contributed by atoms with Gasteiger partial charge in [0, 0.05) is 6.54 Å². The Hall–Kier alpha value is -0.860. The lowest BCUT2D eigenvalue weighted by atomic mass is 10.1. The van der Waals surface area contributed by atoms with Crippen molar-refractivity contribution in [3.05, 3.63) is 35.9 Å². The summed E-state index contributed by atoms with van der Waals surface area (Å²) in [6.45, 7) is 0.354. The zero-order chi connectivity index (χ0) is 8.81. The zero-order valence-electron chi connectivity index (χ0n) is 7.11. The largest absolute Gasteiger partial charge is 0.392 e. The van der Waals surface area contributed by atoms with Crippen LogP contribution in [-0.4, -0.2) is 17.8 Å². The van der Waals surface area contributed by atoms with Crippen molar-refractivity contribution in [1.82, 2.24) is 0 Å². The molecule has 1 atom stereocenters. The van der Waals surface area contributed by atoms with Crippen molar-refractivity contribution in [2.24, 2.45) is 5.73 Å². The van der Waals surface area contributed by atoms with Crippen molar-refractivity contribution in [3.63, 3.8) is 0 Å². The van der Waals surface area contributed by atoms with Gasteiger partial charge in [0.1, 0.15) is 0 Å². The number of nitrogens with two attached hydrogens (primary N) is 1. The minimum atomic E-state index is -0.356. The van der Waals surface area contributed by atoms with E-state index in [0.29, 0.717) is 6.54 Å². The monoisotopic (exact) mass is 165 g/mol. The van der Waals surface area contributed by atoms with Gasteiger partial charge in [0.05, 0.1) is 6.10 Å². The van der Waals surface area contributed by atoms with Gasteiger partial charge < -0.3 is 10.8 Å². The SMILES string of the molecule is NC[C@@H](O)CCc1ccccc1. The maximum Gasteiger partial charge on any atom is 0.0665 e. The first-order valence-electron chi connectivity index (χ1n) is 4.25. The second-order valence-electron chi connectivity index (χ2n) is 2.91. The molecule has 1 rings (SSSR count). The van der Waals surface area contributed by atoms with Crippen LogP contribution in [0, 0.1) is 0 Å². The smallest absolute Gasteiger partial charge is 0.0665 e. The molecule has 0 fully saturated rings. The summed E-state index contributed by atoms with van der Waals surface area (Å²) in [5, 5.41) is 9.19. The first kappa shape index (κ1) is 9.23. The molecular formula is C10H15NO. The minimum absolute atomic E-state index is 0.354. The van der Waals surface area contributed by atoms with Crippen molar-refractivity contribution in [2.45, 2.75) is 18.9 Å². The second kappa shape index (κ2) is 4.91. The minimum Gasteiger partial charge on any atom is -0.392 e. The number of aliphatic hydroxyl groups is 1. The molecular weight excluding hydrogens is 150 g/mol. The van der Waals surface area contributed by atoms with Gasteiger partial charge in [-0.25, -0.2) is 0 Å². The van der Waals surface area contributed by atoms with E-state index in [1.807, 2.05) is 18.2 Å². The topological polar surface area (TPSA) is 46.2 Å². The van der Waals surface area contributed by atoms with Crippen LogP contribution in [0.25, 0.3) is 0 Å². The van der Waals surface area contributed by atoms with E-state index in [0.717, 1.165) is 12.8 Å². The van der Waals surface area contributed by atoms with Crippen LogP contribution in [0.2, 0.25) is 0 Å². The Balaban J connectivity index is 2.33. The fourth-order valence-corrected chi connectivity index (χ4v) is 1.10. The Labute approximate surface area is 73.0 Å². The van der Waals surface area contributed by atoms with E-state index in [4.69, 9.17) is 5.73 Å². The van der Waals surface area contributed by atoms with E-state index in [9.17, 15) is 5.11 Å². The molecule has 0 saturated carbocycles. The summed E-state index contributed by atoms with van der Waals surface area (Å²) >= 11 is 0. The van der Waals surface area contributed by atoms with Crippen molar-refractivity contribution in [2.75, 3.05) is 6.54 Å². The lowest BCUT2D eigenvalue weighted by Gasteiger charge is -2.06. The first-order chi connectivity index (χ1) is 5.83. The summed E-state index contributed by atoms with van der Waals surface area (Å²) in [6, 6.07) is 10.1. The van der Waals surface area contributed by atoms with Crippen LogP contribution in [0.5, 0.6) is 0 Å². The van der Waals surface area contributed by atoms with E-state index >= 15 is 0 Å². The molecule has 0 radical (unpaired) electrons. The van der Waals surface area contributed by atoms with Crippen LogP contribution < -0.4 is 5.73 Å². The van der Waals surface area contributed by atoms with Crippen LogP contribution in [0.1, 0.15) is 12.0 Å². The number of rotatable bonds is 4. The summed E-state index contributed by atoms with van der Waals surface area (Å²) in [5.41, 5.74) is 6.54. The van der Waals surface area contributed by atoms with Gasteiger partial charge in [0.2, 0.25) is 0 Å². The molecule has 0 aliphatic rings. The molecule has 0 amide bonds. The molecule has 0 aliphatic carbocycles. The predicted octanol–water partition coefficient (Wildman–Crippen LogP) is 0.939. The van der Waals surface area contributed by atoms with Crippen LogP contribution in [0.15, 0.2) is 30.3 Å². The van der Waals surface area contributed by atoms with Gasteiger partial charge in [-0.15, -0.1) is 0 Å². The number of aryl methyl sites for hydroxylation is 1. The Kier molecular flexibility index (Phi) is 3.77. The Morgan fingerprint density at radius 2 is 1.92 bits per heavy atom. The average molecular weight is 165 g/mol. The molecule has 1 aromatic carbocycles. The number of hydrogen-bond donors (Lipinski definition) is 2. The lowest BCUT2D eigenvalue weighted by molar-refractivity contribution is 0.173. The molecule has 0 unspecified atom stereocenters. The summed E-state index contributed by atoms with van der Waals surface area (Å²) in [6.07, 6.45) is 1.30. The van der Waals surface area contributed by atoms with Gasteiger partial charge >= 0.3 is 0 Å². The highest BCUT2D eigenvalue weighted by atomic mass is 16.3. The molecule has 0 aliphatic heterocycles. The molecule has 0 saturated heterocycles. The molecule has 66 valence electrons. The fraction of sp³-hybridized carbons (Fsp3) is 0.400. The summed E-state index contributed by atoms with van der Waals surface area (Å²) in [7, 11) is 0. The van der Waals surface area contributed by atoms with Gasteiger partial charge in [-0.3, -0.25) is 0 Å². The van der Waals surface area contributed by atoms with Crippen molar-refractivity contribution in [3.8, 4) is 0 Å². The lowest BCUT2D eigenvalue weighted by Crippen LogP contribution is -2.20. The maximum absolute atomic E-state index is 9.19. The van der Waals surface area contributed by atoms with Gasteiger partial charge in [-0.2, -0.15) is 0 Å². The highest BCUT2D eigenvalue weighted by Gasteiger charge is 2.00. The molecule has 12 heavy (non-hydrogen) atoms. The molecule has 2 nitrogen and oxygen atoms in total. The summed E-state index contributed by atoms with van der Waals surface area (Å²) in [5.74, 6) is 0. The Morgan fingerprint density at radius 3 is 2.50 bits per heavy atom. The number of benzene rings is 1. The van der Waals surface area contributed by atoms with Gasteiger partial charge in [-0.1, -0.05) is 30.3 Å². The zero-order valence-corrected chi connectivity index (χ0v) is 7.11. The normalized spacial score (nSPS) is 12.8. The van der Waals surface area contributed by atoms with Crippen LogP contribution in [0.4, 0.5) is 0 Å². The molecule has 1 aromatic rings. The highest BCUT2D eigenvalue weighted by Crippen LogP contribution is 2.03. The van der Waals surface area contributed by atoms with Crippen molar-refractivity contribution < 1.29 is 5.11 Å². The molecule has 3 N–H and O–H groups in total. The summed E-state index contributed by atoms with van der Waals surface area (Å²) in [4.78, 5) is 0. The predicted molar refractivity (Wildman–Crippen MR) is 49.8 cm³/mol. The van der Waals surface area contributed by atoms with E-state index in [2.05, 4.69) is 12.1 Å². The van der Waals surface area contributed by atoms with Gasteiger partial charge in [0.25, 0.3) is 0 Å². The Bertz CT molecular complexity index is 210. The van der Waals surface area contributed by atoms with Crippen molar-refractivity contribution >= 4 is 0 Å². The Morgan fingerprint density at radius 1 is 1.25 bits per heavy atom. The molecule has 0 bridgehead atoms. The van der Waals surface area contributed by atoms with Crippen molar-refractivity contribution in [1.29, 1.82) is 0 Å². The van der Waals surface area contributed by atoms with E-state index < -0.39 is 0 Å². The molecule has 0 heterocycles. The number of aliphatic hydroxyl groups excluding tert-OH is 1. The van der Waals surface area contributed by atoms with E-state index in [1.165, 1.54) is 5.56 Å². The van der Waals surface area contributed by atoms with E-state index in [1.54, 1.807) is 0 Å². The second-order valence-corrected chi connectivity index (χ2v) is 2.91. The highest BCUT2D eigenvalue weighted by molar-refractivity contribution is 5.14. The summed E-state index contributed by atoms with van der Waals surface area (Å²) < 4.78 is 0. The maximum atomic E-state index is 9.19. The van der Waals surface area contributed by atoms with Gasteiger partial charge in [-0.05, 0) is 18.4 Å².